The SMILES string of the molecule is COc1ccc(C(=O)Nc2ccc3nc(SCc4ccc(C(=O)Nc5ccc(Br)cc5)cc4)sc3c2)cc1OC. The van der Waals surface area contributed by atoms with Crippen LogP contribution in [0.5, 0.6) is 11.5 Å². The van der Waals surface area contributed by atoms with Gasteiger partial charge in [0.1, 0.15) is 0 Å². The van der Waals surface area contributed by atoms with Crippen LogP contribution < -0.4 is 20.1 Å². The standard InChI is InChI=1S/C30H24BrN3O4S2/c1-37-25-14-7-20(15-26(25)38-2)29(36)33-23-12-13-24-27(16-23)40-30(34-24)39-17-18-3-5-19(6-4-18)28(35)32-22-10-8-21(31)9-11-22/h3-16H,17H2,1-2H3,(H,32,35)(H,33,36). The van der Waals surface area contributed by atoms with Gasteiger partial charge in [0.2, 0.25) is 0 Å². The molecule has 7 nitrogen and oxygen atoms in total. The van der Waals surface area contributed by atoms with Crippen molar-refractivity contribution in [3.8, 4) is 11.5 Å². The summed E-state index contributed by atoms with van der Waals surface area (Å²) in [6.07, 6.45) is 0. The second-order valence-corrected chi connectivity index (χ2v) is 11.8. The first kappa shape index (κ1) is 27.7. The van der Waals surface area contributed by atoms with Crippen molar-refractivity contribution in [3.05, 3.63) is 106 Å². The third-order valence-corrected chi connectivity index (χ3v) is 8.71. The minimum absolute atomic E-state index is 0.151. The second kappa shape index (κ2) is 12.5. The number of amides is 2. The lowest BCUT2D eigenvalue weighted by Gasteiger charge is -2.10. The third kappa shape index (κ3) is 6.64. The minimum atomic E-state index is -0.242. The highest BCUT2D eigenvalue weighted by Crippen LogP contribution is 2.33. The molecule has 1 aromatic heterocycles. The average molecular weight is 635 g/mol. The van der Waals surface area contributed by atoms with Crippen molar-refractivity contribution < 1.29 is 19.1 Å². The fourth-order valence-electron chi connectivity index (χ4n) is 3.86. The fraction of sp³-hybridized carbons (Fsp3) is 0.100. The predicted octanol–water partition coefficient (Wildman–Crippen LogP) is 7.87. The van der Waals surface area contributed by atoms with Crippen LogP contribution in [0, 0.1) is 0 Å². The zero-order valence-electron chi connectivity index (χ0n) is 21.6. The van der Waals surface area contributed by atoms with Gasteiger partial charge in [0.25, 0.3) is 11.8 Å². The molecule has 0 radical (unpaired) electrons. The Balaban J connectivity index is 1.19. The number of methoxy groups -OCH3 is 2. The highest BCUT2D eigenvalue weighted by atomic mass is 79.9. The third-order valence-electron chi connectivity index (χ3n) is 5.95. The molecule has 202 valence electrons. The number of carbonyl (C=O) groups is 2. The summed E-state index contributed by atoms with van der Waals surface area (Å²) in [6, 6.07) is 25.7. The molecule has 0 saturated carbocycles. The molecule has 0 unspecified atom stereocenters. The summed E-state index contributed by atoms with van der Waals surface area (Å²) in [6.45, 7) is 0. The van der Waals surface area contributed by atoms with Crippen molar-refractivity contribution in [2.45, 2.75) is 10.1 Å². The molecule has 2 amide bonds. The molecule has 4 aromatic carbocycles. The first-order chi connectivity index (χ1) is 19.4. The number of carbonyl (C=O) groups excluding carboxylic acids is 2. The Morgan fingerprint density at radius 2 is 1.45 bits per heavy atom. The van der Waals surface area contributed by atoms with Crippen molar-refractivity contribution >= 4 is 72.4 Å². The molecular formula is C30H24BrN3O4S2. The molecule has 0 aliphatic rings. The Morgan fingerprint density at radius 3 is 2.17 bits per heavy atom. The molecule has 0 bridgehead atoms. The van der Waals surface area contributed by atoms with Crippen molar-refractivity contribution in [3.63, 3.8) is 0 Å². The van der Waals surface area contributed by atoms with Gasteiger partial charge in [-0.25, -0.2) is 4.98 Å². The molecule has 5 aromatic rings. The van der Waals surface area contributed by atoms with Gasteiger partial charge in [0.15, 0.2) is 15.8 Å². The second-order valence-electron chi connectivity index (χ2n) is 8.63. The Bertz CT molecular complexity index is 1670. The molecule has 1 heterocycles. The monoisotopic (exact) mass is 633 g/mol. The van der Waals surface area contributed by atoms with Crippen LogP contribution in [-0.4, -0.2) is 31.0 Å². The number of aromatic nitrogens is 1. The quantitative estimate of drug-likeness (QED) is 0.161. The predicted molar refractivity (Wildman–Crippen MR) is 165 cm³/mol. The van der Waals surface area contributed by atoms with E-state index < -0.39 is 0 Å². The Morgan fingerprint density at radius 1 is 0.800 bits per heavy atom. The number of anilines is 2. The molecule has 0 saturated heterocycles. The van der Waals surface area contributed by atoms with Crippen LogP contribution in [0.4, 0.5) is 11.4 Å². The van der Waals surface area contributed by atoms with E-state index >= 15 is 0 Å². The van der Waals surface area contributed by atoms with Crippen molar-refractivity contribution in [1.82, 2.24) is 4.98 Å². The van der Waals surface area contributed by atoms with E-state index in [1.807, 2.05) is 66.7 Å². The molecule has 2 N–H and O–H groups in total. The maximum Gasteiger partial charge on any atom is 0.255 e. The number of ether oxygens (including phenoxy) is 2. The van der Waals surface area contributed by atoms with Crippen LogP contribution in [0.3, 0.4) is 0 Å². The minimum Gasteiger partial charge on any atom is -0.493 e. The number of halogens is 1. The number of nitrogens with one attached hydrogen (secondary N) is 2. The number of thiazole rings is 1. The van der Waals surface area contributed by atoms with Crippen LogP contribution in [0.15, 0.2) is 93.7 Å². The maximum absolute atomic E-state index is 12.8. The molecule has 0 spiro atoms. The van der Waals surface area contributed by atoms with Crippen LogP contribution in [0.1, 0.15) is 26.3 Å². The largest absolute Gasteiger partial charge is 0.493 e. The molecule has 5 rings (SSSR count). The summed E-state index contributed by atoms with van der Waals surface area (Å²) in [5.41, 5.74) is 4.45. The molecule has 0 fully saturated rings. The van der Waals surface area contributed by atoms with Crippen LogP contribution in [0.2, 0.25) is 0 Å². The van der Waals surface area contributed by atoms with Crippen molar-refractivity contribution in [2.24, 2.45) is 0 Å². The normalized spacial score (nSPS) is 10.8. The van der Waals surface area contributed by atoms with E-state index in [0.29, 0.717) is 28.3 Å². The number of nitrogens with zero attached hydrogens (tertiary/aromatic N) is 1. The number of rotatable bonds is 9. The molecule has 40 heavy (non-hydrogen) atoms. The van der Waals surface area contributed by atoms with Gasteiger partial charge >= 0.3 is 0 Å². The van der Waals surface area contributed by atoms with Gasteiger partial charge in [-0.2, -0.15) is 0 Å². The summed E-state index contributed by atoms with van der Waals surface area (Å²) in [5.74, 6) is 1.38. The Kier molecular flexibility index (Phi) is 8.69. The number of hydrogen-bond acceptors (Lipinski definition) is 7. The number of hydrogen-bond donors (Lipinski definition) is 2. The van der Waals surface area contributed by atoms with Gasteiger partial charge in [-0.1, -0.05) is 39.8 Å². The van der Waals surface area contributed by atoms with Gasteiger partial charge in [0, 0.05) is 32.7 Å². The molecule has 0 aliphatic carbocycles. The van der Waals surface area contributed by atoms with Crippen LogP contribution >= 0.6 is 39.0 Å². The summed E-state index contributed by atoms with van der Waals surface area (Å²) in [4.78, 5) is 30.1. The summed E-state index contributed by atoms with van der Waals surface area (Å²) in [5, 5.41) is 5.84. The Hall–Kier alpha value is -3.86. The van der Waals surface area contributed by atoms with Gasteiger partial charge in [-0.3, -0.25) is 9.59 Å². The number of benzene rings is 4. The van der Waals surface area contributed by atoms with Crippen LogP contribution in [0.25, 0.3) is 10.2 Å². The van der Waals surface area contributed by atoms with E-state index in [0.717, 1.165) is 36.0 Å². The van der Waals surface area contributed by atoms with E-state index in [2.05, 4.69) is 26.6 Å². The van der Waals surface area contributed by atoms with E-state index in [-0.39, 0.29) is 11.8 Å². The maximum atomic E-state index is 12.8. The first-order valence-corrected chi connectivity index (χ1v) is 14.7. The lowest BCUT2D eigenvalue weighted by atomic mass is 10.1. The molecular weight excluding hydrogens is 610 g/mol. The molecule has 0 atom stereocenters. The lowest BCUT2D eigenvalue weighted by Crippen LogP contribution is -2.12. The van der Waals surface area contributed by atoms with Gasteiger partial charge in [-0.05, 0) is 78.4 Å². The molecule has 10 heteroatoms. The van der Waals surface area contributed by atoms with E-state index in [1.54, 1.807) is 48.4 Å². The smallest absolute Gasteiger partial charge is 0.255 e. The fourth-order valence-corrected chi connectivity index (χ4v) is 6.19. The Labute approximate surface area is 248 Å². The summed E-state index contributed by atoms with van der Waals surface area (Å²) < 4.78 is 13.4. The summed E-state index contributed by atoms with van der Waals surface area (Å²) in [7, 11) is 3.09. The van der Waals surface area contributed by atoms with Crippen molar-refractivity contribution in [1.29, 1.82) is 0 Å². The van der Waals surface area contributed by atoms with Gasteiger partial charge < -0.3 is 20.1 Å². The lowest BCUT2D eigenvalue weighted by molar-refractivity contribution is 0.101. The van der Waals surface area contributed by atoms with E-state index in [4.69, 9.17) is 14.5 Å². The topological polar surface area (TPSA) is 89.5 Å². The average Bonchev–Trinajstić information content (AvgIpc) is 3.39. The van der Waals surface area contributed by atoms with Gasteiger partial charge in [0.05, 0.1) is 24.4 Å². The number of thioether (sulfide) groups is 1. The zero-order chi connectivity index (χ0) is 28.1. The summed E-state index contributed by atoms with van der Waals surface area (Å²) >= 11 is 6.60. The van der Waals surface area contributed by atoms with Crippen LogP contribution in [-0.2, 0) is 5.75 Å². The zero-order valence-corrected chi connectivity index (χ0v) is 24.8. The first-order valence-electron chi connectivity index (χ1n) is 12.1. The molecule has 0 aliphatic heterocycles. The van der Waals surface area contributed by atoms with Crippen molar-refractivity contribution in [2.75, 3.05) is 24.9 Å². The number of fused-ring (bicyclic) bond motifs is 1. The van der Waals surface area contributed by atoms with E-state index in [1.165, 1.54) is 7.11 Å². The highest BCUT2D eigenvalue weighted by Gasteiger charge is 2.13. The highest BCUT2D eigenvalue weighted by molar-refractivity contribution is 9.10. The van der Waals surface area contributed by atoms with Gasteiger partial charge in [-0.15, -0.1) is 11.3 Å². The van der Waals surface area contributed by atoms with E-state index in [9.17, 15) is 9.59 Å².